The number of ether oxygens (including phenoxy) is 2. The van der Waals surface area contributed by atoms with E-state index in [4.69, 9.17) is 9.47 Å². The minimum atomic E-state index is -0.483. The Kier molecular flexibility index (Phi) is 6.19. The zero-order valence-corrected chi connectivity index (χ0v) is 12.8. The van der Waals surface area contributed by atoms with Gasteiger partial charge in [-0.3, -0.25) is 4.79 Å². The fourth-order valence-corrected chi connectivity index (χ4v) is 2.45. The average Bonchev–Trinajstić information content (AvgIpc) is 2.55. The Morgan fingerprint density at radius 1 is 1.09 bits per heavy atom. The molecule has 4 nitrogen and oxygen atoms in total. The van der Waals surface area contributed by atoms with Crippen molar-refractivity contribution in [3.63, 3.8) is 0 Å². The SMILES string of the molecule is C=C(CC(=O)OCc1ccccc1)C(=O)OC1CCCCC1. The summed E-state index contributed by atoms with van der Waals surface area (Å²) >= 11 is 0. The van der Waals surface area contributed by atoms with Crippen molar-refractivity contribution in [2.75, 3.05) is 0 Å². The van der Waals surface area contributed by atoms with Crippen molar-refractivity contribution in [2.45, 2.75) is 51.2 Å². The van der Waals surface area contributed by atoms with Gasteiger partial charge in [0.25, 0.3) is 0 Å². The molecule has 0 radical (unpaired) electrons. The van der Waals surface area contributed by atoms with Crippen LogP contribution in [0, 0.1) is 0 Å². The Morgan fingerprint density at radius 3 is 2.45 bits per heavy atom. The molecule has 1 aromatic rings. The van der Waals surface area contributed by atoms with Gasteiger partial charge in [-0.15, -0.1) is 0 Å². The first kappa shape index (κ1) is 16.3. The van der Waals surface area contributed by atoms with E-state index < -0.39 is 11.9 Å². The summed E-state index contributed by atoms with van der Waals surface area (Å²) in [6, 6.07) is 9.40. The smallest absolute Gasteiger partial charge is 0.334 e. The first-order valence-electron chi connectivity index (χ1n) is 7.73. The van der Waals surface area contributed by atoms with E-state index in [1.807, 2.05) is 30.3 Å². The first-order valence-corrected chi connectivity index (χ1v) is 7.73. The molecule has 1 aliphatic rings. The summed E-state index contributed by atoms with van der Waals surface area (Å²) in [4.78, 5) is 23.6. The Bertz CT molecular complexity index is 515. The average molecular weight is 302 g/mol. The molecule has 0 saturated heterocycles. The molecular weight excluding hydrogens is 280 g/mol. The van der Waals surface area contributed by atoms with Gasteiger partial charge in [0.15, 0.2) is 0 Å². The Labute approximate surface area is 131 Å². The third-order valence-electron chi connectivity index (χ3n) is 3.71. The molecule has 22 heavy (non-hydrogen) atoms. The summed E-state index contributed by atoms with van der Waals surface area (Å²) < 4.78 is 10.5. The fraction of sp³-hybridized carbons (Fsp3) is 0.444. The minimum Gasteiger partial charge on any atom is -0.461 e. The number of hydrogen-bond donors (Lipinski definition) is 0. The van der Waals surface area contributed by atoms with Gasteiger partial charge in [-0.25, -0.2) is 4.79 Å². The van der Waals surface area contributed by atoms with Crippen molar-refractivity contribution >= 4 is 11.9 Å². The van der Waals surface area contributed by atoms with Crippen molar-refractivity contribution in [1.29, 1.82) is 0 Å². The molecule has 0 N–H and O–H groups in total. The lowest BCUT2D eigenvalue weighted by atomic mass is 9.98. The van der Waals surface area contributed by atoms with Gasteiger partial charge in [0.2, 0.25) is 0 Å². The summed E-state index contributed by atoms with van der Waals surface area (Å²) in [5.41, 5.74) is 1.06. The van der Waals surface area contributed by atoms with Crippen LogP contribution in [-0.4, -0.2) is 18.0 Å². The standard InChI is InChI=1S/C18H22O4/c1-14(18(20)22-16-10-6-3-7-11-16)12-17(19)21-13-15-8-4-2-5-9-15/h2,4-5,8-9,16H,1,3,6-7,10-13H2. The van der Waals surface area contributed by atoms with E-state index >= 15 is 0 Å². The van der Waals surface area contributed by atoms with Crippen LogP contribution in [0.15, 0.2) is 42.5 Å². The normalized spacial score (nSPS) is 15.1. The number of hydrogen-bond acceptors (Lipinski definition) is 4. The van der Waals surface area contributed by atoms with Crippen LogP contribution in [0.25, 0.3) is 0 Å². The van der Waals surface area contributed by atoms with Crippen molar-refractivity contribution in [2.24, 2.45) is 0 Å². The summed E-state index contributed by atoms with van der Waals surface area (Å²) in [6.07, 6.45) is 5.01. The molecule has 0 spiro atoms. The number of rotatable bonds is 6. The van der Waals surface area contributed by atoms with Gasteiger partial charge in [0.05, 0.1) is 6.42 Å². The highest BCUT2D eigenvalue weighted by Gasteiger charge is 2.21. The summed E-state index contributed by atoms with van der Waals surface area (Å²) in [6.45, 7) is 3.84. The quantitative estimate of drug-likeness (QED) is 0.595. The molecule has 1 aliphatic carbocycles. The maximum atomic E-state index is 11.9. The molecule has 0 unspecified atom stereocenters. The first-order chi connectivity index (χ1) is 10.6. The second-order valence-electron chi connectivity index (χ2n) is 5.59. The molecule has 4 heteroatoms. The monoisotopic (exact) mass is 302 g/mol. The molecular formula is C18H22O4. The summed E-state index contributed by atoms with van der Waals surface area (Å²) in [7, 11) is 0. The van der Waals surface area contributed by atoms with Crippen LogP contribution in [0.2, 0.25) is 0 Å². The second-order valence-corrected chi connectivity index (χ2v) is 5.59. The van der Waals surface area contributed by atoms with Gasteiger partial charge >= 0.3 is 11.9 Å². The van der Waals surface area contributed by atoms with E-state index in [1.54, 1.807) is 0 Å². The van der Waals surface area contributed by atoms with Gasteiger partial charge in [-0.05, 0) is 31.2 Å². The number of esters is 2. The number of benzene rings is 1. The molecule has 1 saturated carbocycles. The zero-order valence-electron chi connectivity index (χ0n) is 12.8. The van der Waals surface area contributed by atoms with Crippen LogP contribution in [0.4, 0.5) is 0 Å². The molecule has 1 fully saturated rings. The minimum absolute atomic E-state index is 0.0293. The highest BCUT2D eigenvalue weighted by atomic mass is 16.5. The molecule has 0 heterocycles. The summed E-state index contributed by atoms with van der Waals surface area (Å²) in [5.74, 6) is -0.946. The van der Waals surface area contributed by atoms with Gasteiger partial charge in [-0.1, -0.05) is 43.3 Å². The van der Waals surface area contributed by atoms with Crippen molar-refractivity contribution in [1.82, 2.24) is 0 Å². The highest BCUT2D eigenvalue weighted by molar-refractivity contribution is 5.93. The maximum Gasteiger partial charge on any atom is 0.334 e. The Hall–Kier alpha value is -2.10. The van der Waals surface area contributed by atoms with Crippen molar-refractivity contribution < 1.29 is 19.1 Å². The van der Waals surface area contributed by atoms with Crippen molar-refractivity contribution in [3.05, 3.63) is 48.0 Å². The van der Waals surface area contributed by atoms with Crippen LogP contribution in [0.3, 0.4) is 0 Å². The van der Waals surface area contributed by atoms with E-state index in [0.29, 0.717) is 0 Å². The third-order valence-corrected chi connectivity index (χ3v) is 3.71. The van der Waals surface area contributed by atoms with E-state index in [2.05, 4.69) is 6.58 Å². The zero-order chi connectivity index (χ0) is 15.8. The van der Waals surface area contributed by atoms with Gasteiger partial charge in [0, 0.05) is 5.57 Å². The molecule has 2 rings (SSSR count). The largest absolute Gasteiger partial charge is 0.461 e. The molecule has 0 bridgehead atoms. The highest BCUT2D eigenvalue weighted by Crippen LogP contribution is 2.21. The topological polar surface area (TPSA) is 52.6 Å². The van der Waals surface area contributed by atoms with Crippen LogP contribution >= 0.6 is 0 Å². The number of carbonyl (C=O) groups excluding carboxylic acids is 2. The van der Waals surface area contributed by atoms with Crippen LogP contribution in [0.1, 0.15) is 44.1 Å². The van der Waals surface area contributed by atoms with Crippen molar-refractivity contribution in [3.8, 4) is 0 Å². The third kappa shape index (κ3) is 5.35. The van der Waals surface area contributed by atoms with Gasteiger partial charge < -0.3 is 9.47 Å². The molecule has 0 aliphatic heterocycles. The molecule has 1 aromatic carbocycles. The predicted molar refractivity (Wildman–Crippen MR) is 83.0 cm³/mol. The molecule has 0 amide bonds. The lowest BCUT2D eigenvalue weighted by Gasteiger charge is -2.22. The van der Waals surface area contributed by atoms with E-state index in [0.717, 1.165) is 31.2 Å². The van der Waals surface area contributed by atoms with Crippen LogP contribution < -0.4 is 0 Å². The predicted octanol–water partition coefficient (Wildman–Crippen LogP) is 3.55. The van der Waals surface area contributed by atoms with E-state index in [-0.39, 0.29) is 24.7 Å². The second kappa shape index (κ2) is 8.37. The lowest BCUT2D eigenvalue weighted by molar-refractivity contribution is -0.150. The van der Waals surface area contributed by atoms with E-state index in [1.165, 1.54) is 6.42 Å². The Balaban J connectivity index is 1.71. The van der Waals surface area contributed by atoms with Gasteiger partial charge in [0.1, 0.15) is 12.7 Å². The number of carbonyl (C=O) groups is 2. The molecule has 0 aromatic heterocycles. The maximum absolute atomic E-state index is 11.9. The van der Waals surface area contributed by atoms with Crippen LogP contribution in [0.5, 0.6) is 0 Å². The molecule has 0 atom stereocenters. The lowest BCUT2D eigenvalue weighted by Crippen LogP contribution is -2.22. The Morgan fingerprint density at radius 2 is 1.77 bits per heavy atom. The van der Waals surface area contributed by atoms with Crippen LogP contribution in [-0.2, 0) is 25.7 Å². The van der Waals surface area contributed by atoms with E-state index in [9.17, 15) is 9.59 Å². The molecule has 118 valence electrons. The van der Waals surface area contributed by atoms with Gasteiger partial charge in [-0.2, -0.15) is 0 Å². The fourth-order valence-electron chi connectivity index (χ4n) is 2.45. The summed E-state index contributed by atoms with van der Waals surface area (Å²) in [5, 5.41) is 0.